The van der Waals surface area contributed by atoms with Crippen molar-refractivity contribution in [2.75, 3.05) is 5.75 Å². The molecule has 1 aromatic carbocycles. The number of nitrogens with zero attached hydrogens (tertiary/aromatic N) is 2. The summed E-state index contributed by atoms with van der Waals surface area (Å²) in [7, 11) is -1.68. The van der Waals surface area contributed by atoms with E-state index in [4.69, 9.17) is 0 Å². The van der Waals surface area contributed by atoms with E-state index in [1.165, 1.54) is 58.8 Å². The van der Waals surface area contributed by atoms with Gasteiger partial charge in [-0.3, -0.25) is 24.6 Å². The first-order valence-electron chi connectivity index (χ1n) is 9.82. The van der Waals surface area contributed by atoms with Gasteiger partial charge in [0.2, 0.25) is 5.91 Å². The highest BCUT2D eigenvalue weighted by molar-refractivity contribution is 8.00. The van der Waals surface area contributed by atoms with Gasteiger partial charge in [-0.1, -0.05) is 6.07 Å². The summed E-state index contributed by atoms with van der Waals surface area (Å²) in [6.07, 6.45) is 1.53. The topological polar surface area (TPSA) is 147 Å². The lowest BCUT2D eigenvalue weighted by Crippen LogP contribution is -2.70. The monoisotopic (exact) mass is 519 g/mol. The predicted octanol–water partition coefficient (Wildman–Crippen LogP) is 2.26. The van der Waals surface area contributed by atoms with Crippen molar-refractivity contribution in [2.24, 2.45) is 0 Å². The maximum atomic E-state index is 12.7. The molecule has 10 nitrogen and oxygen atoms in total. The van der Waals surface area contributed by atoms with Crippen LogP contribution in [0.2, 0.25) is 0 Å². The Kier molecular flexibility index (Phi) is 6.95. The van der Waals surface area contributed by atoms with Gasteiger partial charge in [-0.15, -0.1) is 23.1 Å². The maximum Gasteiger partial charge on any atom is 0.352 e. The van der Waals surface area contributed by atoms with E-state index in [2.05, 4.69) is 5.32 Å². The number of carbonyl (C=O) groups is 3. The molecule has 34 heavy (non-hydrogen) atoms. The average molecular weight is 520 g/mol. The maximum absolute atomic E-state index is 12.7. The number of nitro benzene ring substituents is 1. The number of thioether (sulfide) groups is 1. The molecule has 1 saturated heterocycles. The Morgan fingerprint density at radius 1 is 1.29 bits per heavy atom. The van der Waals surface area contributed by atoms with Crippen molar-refractivity contribution >= 4 is 57.4 Å². The second-order valence-corrected chi connectivity index (χ2v) is 10.7. The first-order valence-corrected chi connectivity index (χ1v) is 13.0. The minimum atomic E-state index is -1.68. The molecule has 4 rings (SSSR count). The Hall–Kier alpha value is -3.29. The number of allylic oxidation sites excluding steroid dienone is 1. The molecular weight excluding hydrogens is 502 g/mol. The number of thiophene rings is 1. The standard InChI is InChI=1S/C21H17N3O7S3/c25-16(10-14-2-1-8-32-14)22-17-19(26)23-18(21(27)28)12(11-33-20(17)23)7-9-34(31)15-5-3-13(4-6-15)24(29)30/h1-9,17,20H,10-11H2,(H,22,25)(H,27,28)/b9-7+. The summed E-state index contributed by atoms with van der Waals surface area (Å²) in [4.78, 5) is 49.4. The Bertz CT molecular complexity index is 1240. The SMILES string of the molecule is O=C(Cc1cccs1)NC1C(=O)N2C(C(=O)O)=C(/C=C/S(=O)c3ccc([N+](=O)[O-])cc3)CSC12. The van der Waals surface area contributed by atoms with E-state index in [0.29, 0.717) is 10.5 Å². The molecule has 1 aromatic heterocycles. The number of β-lactam (4-membered cyclic amide) rings is 1. The Morgan fingerprint density at radius 3 is 2.65 bits per heavy atom. The molecule has 0 radical (unpaired) electrons. The van der Waals surface area contributed by atoms with Crippen molar-refractivity contribution in [3.8, 4) is 0 Å². The molecule has 2 aliphatic rings. The number of hydrogen-bond donors (Lipinski definition) is 2. The molecule has 2 amide bonds. The Labute approximate surface area is 203 Å². The van der Waals surface area contributed by atoms with E-state index in [1.54, 1.807) is 0 Å². The van der Waals surface area contributed by atoms with Crippen molar-refractivity contribution < 1.29 is 28.6 Å². The summed E-state index contributed by atoms with van der Waals surface area (Å²) in [5, 5.41) is 25.8. The normalized spacial score (nSPS) is 20.6. The summed E-state index contributed by atoms with van der Waals surface area (Å²) < 4.78 is 12.5. The Balaban J connectivity index is 1.47. The number of nitrogens with one attached hydrogen (secondary N) is 1. The lowest BCUT2D eigenvalue weighted by atomic mass is 10.0. The number of nitro groups is 1. The van der Waals surface area contributed by atoms with Crippen LogP contribution in [-0.2, 0) is 31.6 Å². The van der Waals surface area contributed by atoms with Gasteiger partial charge in [-0.2, -0.15) is 0 Å². The van der Waals surface area contributed by atoms with E-state index in [-0.39, 0.29) is 29.5 Å². The van der Waals surface area contributed by atoms with Crippen LogP contribution in [-0.4, -0.2) is 54.1 Å². The molecule has 13 heteroatoms. The molecule has 3 atom stereocenters. The fraction of sp³-hybridized carbons (Fsp3) is 0.190. The van der Waals surface area contributed by atoms with Crippen molar-refractivity contribution in [3.05, 3.63) is 79.5 Å². The third-order valence-electron chi connectivity index (χ3n) is 5.10. The van der Waals surface area contributed by atoms with Crippen LogP contribution in [0.5, 0.6) is 0 Å². The van der Waals surface area contributed by atoms with Crippen molar-refractivity contribution in [1.82, 2.24) is 10.2 Å². The number of hydrogen-bond acceptors (Lipinski definition) is 8. The van der Waals surface area contributed by atoms with Gasteiger partial charge >= 0.3 is 5.97 Å². The lowest BCUT2D eigenvalue weighted by molar-refractivity contribution is -0.384. The molecule has 3 heterocycles. The van der Waals surface area contributed by atoms with E-state index in [9.17, 15) is 33.8 Å². The summed E-state index contributed by atoms with van der Waals surface area (Å²) >= 11 is 2.73. The molecule has 0 spiro atoms. The van der Waals surface area contributed by atoms with Crippen molar-refractivity contribution in [2.45, 2.75) is 22.7 Å². The fourth-order valence-corrected chi connectivity index (χ4v) is 6.36. The molecule has 2 N–H and O–H groups in total. The molecule has 3 unspecified atom stereocenters. The zero-order valence-electron chi connectivity index (χ0n) is 17.3. The highest BCUT2D eigenvalue weighted by Crippen LogP contribution is 2.40. The van der Waals surface area contributed by atoms with Gasteiger partial charge in [0.05, 0.1) is 22.1 Å². The van der Waals surface area contributed by atoms with E-state index in [1.807, 2.05) is 17.5 Å². The van der Waals surface area contributed by atoms with Gasteiger partial charge in [0.1, 0.15) is 17.1 Å². The largest absolute Gasteiger partial charge is 0.477 e. The number of aliphatic carboxylic acids is 1. The zero-order valence-corrected chi connectivity index (χ0v) is 19.7. The van der Waals surface area contributed by atoms with Gasteiger partial charge < -0.3 is 10.4 Å². The number of carboxylic acid groups (broad SMARTS) is 1. The van der Waals surface area contributed by atoms with Crippen LogP contribution in [0.3, 0.4) is 0 Å². The van der Waals surface area contributed by atoms with Gasteiger partial charge in [0.25, 0.3) is 11.6 Å². The summed E-state index contributed by atoms with van der Waals surface area (Å²) in [5.41, 5.74) is -0.0427. The smallest absolute Gasteiger partial charge is 0.352 e. The molecule has 2 aromatic rings. The third kappa shape index (κ3) is 4.81. The molecule has 0 saturated carbocycles. The van der Waals surface area contributed by atoms with E-state index >= 15 is 0 Å². The number of benzene rings is 1. The number of rotatable bonds is 8. The fourth-order valence-electron chi connectivity index (χ4n) is 3.49. The second kappa shape index (κ2) is 9.91. The van der Waals surface area contributed by atoms with Crippen LogP contribution < -0.4 is 5.32 Å². The number of amides is 2. The van der Waals surface area contributed by atoms with Crippen LogP contribution in [0.4, 0.5) is 5.69 Å². The van der Waals surface area contributed by atoms with Gasteiger partial charge in [-0.05, 0) is 35.2 Å². The lowest BCUT2D eigenvalue weighted by Gasteiger charge is -2.49. The van der Waals surface area contributed by atoms with Gasteiger partial charge in [-0.25, -0.2) is 9.00 Å². The number of non-ortho nitro benzene ring substituents is 1. The quantitative estimate of drug-likeness (QED) is 0.307. The third-order valence-corrected chi connectivity index (χ3v) is 8.40. The predicted molar refractivity (Wildman–Crippen MR) is 126 cm³/mol. The van der Waals surface area contributed by atoms with Crippen molar-refractivity contribution in [3.63, 3.8) is 0 Å². The highest BCUT2D eigenvalue weighted by Gasteiger charge is 2.53. The number of carboxylic acids is 1. The number of carbonyl (C=O) groups excluding carboxylic acids is 2. The first-order chi connectivity index (χ1) is 16.3. The van der Waals surface area contributed by atoms with E-state index in [0.717, 1.165) is 9.78 Å². The first kappa shape index (κ1) is 23.9. The van der Waals surface area contributed by atoms with Crippen LogP contribution in [0, 0.1) is 10.1 Å². The molecule has 176 valence electrons. The summed E-state index contributed by atoms with van der Waals surface area (Å²) in [5.74, 6) is -1.90. The molecule has 2 aliphatic heterocycles. The molecule has 1 fully saturated rings. The second-order valence-electron chi connectivity index (χ2n) is 7.24. The zero-order chi connectivity index (χ0) is 24.4. The molecule has 0 bridgehead atoms. The minimum absolute atomic E-state index is 0.136. The van der Waals surface area contributed by atoms with Gasteiger partial charge in [0, 0.05) is 33.1 Å². The highest BCUT2D eigenvalue weighted by atomic mass is 32.2. The Morgan fingerprint density at radius 2 is 2.03 bits per heavy atom. The van der Waals surface area contributed by atoms with Crippen LogP contribution in [0.25, 0.3) is 0 Å². The van der Waals surface area contributed by atoms with Crippen LogP contribution in [0.15, 0.2) is 69.4 Å². The molecule has 0 aliphatic carbocycles. The van der Waals surface area contributed by atoms with E-state index < -0.39 is 39.0 Å². The van der Waals surface area contributed by atoms with Crippen LogP contribution in [0.1, 0.15) is 4.88 Å². The summed E-state index contributed by atoms with van der Waals surface area (Å²) in [6, 6.07) is 8.02. The molecular formula is C21H17N3O7S3. The van der Waals surface area contributed by atoms with Crippen LogP contribution >= 0.6 is 23.1 Å². The number of fused-ring (bicyclic) bond motifs is 1. The average Bonchev–Trinajstić information content (AvgIpc) is 3.33. The summed E-state index contributed by atoms with van der Waals surface area (Å²) in [6.45, 7) is 0. The van der Waals surface area contributed by atoms with Crippen molar-refractivity contribution in [1.29, 1.82) is 0 Å². The van der Waals surface area contributed by atoms with Gasteiger partial charge in [0.15, 0.2) is 0 Å². The minimum Gasteiger partial charge on any atom is -0.477 e.